The van der Waals surface area contributed by atoms with Crippen LogP contribution in [0.1, 0.15) is 106 Å². The molecule has 14 atom stereocenters. The average molecular weight is 931 g/mol. The van der Waals surface area contributed by atoms with Gasteiger partial charge in [0.15, 0.2) is 18.7 Å². The van der Waals surface area contributed by atoms with E-state index in [1.807, 2.05) is 0 Å². The lowest BCUT2D eigenvalue weighted by molar-refractivity contribution is -0.293. The molecule has 0 aromatic carbocycles. The van der Waals surface area contributed by atoms with Crippen molar-refractivity contribution in [3.8, 4) is 0 Å². The second kappa shape index (κ2) is 27.2. The summed E-state index contributed by atoms with van der Waals surface area (Å²) < 4.78 is 51.9. The van der Waals surface area contributed by atoms with Crippen molar-refractivity contribution in [2.75, 3.05) is 19.4 Å². The Morgan fingerprint density at radius 2 is 1.16 bits per heavy atom. The summed E-state index contributed by atoms with van der Waals surface area (Å²) in [5.74, 6) is -6.46. The smallest absolute Gasteiger partial charge is 0.326 e. The first kappa shape index (κ1) is 55.8. The second-order valence-electron chi connectivity index (χ2n) is 15.4. The van der Waals surface area contributed by atoms with Crippen molar-refractivity contribution in [1.29, 1.82) is 0 Å². The largest absolute Gasteiger partial charge is 0.462 e. The molecule has 0 aliphatic carbocycles. The topological polar surface area (TPSA) is 350 Å². The van der Waals surface area contributed by atoms with Gasteiger partial charge in [-0.3, -0.25) is 33.3 Å². The molecule has 2 saturated heterocycles. The summed E-state index contributed by atoms with van der Waals surface area (Å²) in [6, 6.07) is -3.29. The molecule has 2 heterocycles. The maximum Gasteiger partial charge on any atom is 0.326 e. The molecule has 0 aromatic heterocycles. The Morgan fingerprint density at radius 1 is 0.651 bits per heavy atom. The molecule has 0 saturated carbocycles. The van der Waals surface area contributed by atoms with Crippen LogP contribution in [0.25, 0.3) is 0 Å². The molecule has 0 spiro atoms. The van der Waals surface area contributed by atoms with E-state index in [-0.39, 0.29) is 38.5 Å². The highest BCUT2D eigenvalue weighted by Crippen LogP contribution is 2.43. The van der Waals surface area contributed by atoms with E-state index in [4.69, 9.17) is 33.2 Å². The van der Waals surface area contributed by atoms with Crippen molar-refractivity contribution in [3.63, 3.8) is 0 Å². The molecule has 14 unspecified atom stereocenters. The Kier molecular flexibility index (Phi) is 24.1. The van der Waals surface area contributed by atoms with Crippen LogP contribution in [0.5, 0.6) is 0 Å². The van der Waals surface area contributed by atoms with Crippen LogP contribution in [0.2, 0.25) is 0 Å². The zero-order valence-corrected chi connectivity index (χ0v) is 37.5. The van der Waals surface area contributed by atoms with E-state index >= 15 is 0 Å². The molecule has 364 valence electrons. The van der Waals surface area contributed by atoms with Crippen LogP contribution >= 0.6 is 7.60 Å². The minimum Gasteiger partial charge on any atom is -0.462 e. The first-order valence-electron chi connectivity index (χ1n) is 21.3. The summed E-state index contributed by atoms with van der Waals surface area (Å²) >= 11 is 0. The number of aliphatic hydroxyl groups excluding tert-OH is 5. The highest BCUT2D eigenvalue weighted by molar-refractivity contribution is 7.51. The molecule has 2 amide bonds. The van der Waals surface area contributed by atoms with Gasteiger partial charge < -0.3 is 79.1 Å². The summed E-state index contributed by atoms with van der Waals surface area (Å²) in [6.45, 7) is 7.84. The number of nitrogens with one attached hydrogen (secondary N) is 2. The number of carbonyl (C=O) groups is 6. The van der Waals surface area contributed by atoms with Crippen molar-refractivity contribution < 1.29 is 102 Å². The third-order valence-electron chi connectivity index (χ3n) is 10.4. The quantitative estimate of drug-likeness (QED) is 0.0284. The van der Waals surface area contributed by atoms with Crippen LogP contribution in [-0.2, 0) is 66.5 Å². The van der Waals surface area contributed by atoms with E-state index in [1.54, 1.807) is 34.6 Å². The lowest BCUT2D eigenvalue weighted by atomic mass is 9.88. The van der Waals surface area contributed by atoms with E-state index < -0.39 is 174 Å². The lowest BCUT2D eigenvalue weighted by Crippen LogP contribution is -2.67. The van der Waals surface area contributed by atoms with E-state index in [0.717, 1.165) is 0 Å². The molecule has 23 nitrogen and oxygen atoms in total. The van der Waals surface area contributed by atoms with E-state index in [0.29, 0.717) is 0 Å². The Hall–Kier alpha value is -3.35. The number of hydrogen-bond acceptors (Lipinski definition) is 19. The minimum atomic E-state index is -5.00. The summed E-state index contributed by atoms with van der Waals surface area (Å²) in [4.78, 5) is 97.2. The Labute approximate surface area is 365 Å². The molecule has 2 aliphatic rings. The van der Waals surface area contributed by atoms with Gasteiger partial charge in [0.2, 0.25) is 11.8 Å². The third-order valence-corrected chi connectivity index (χ3v) is 11.3. The van der Waals surface area contributed by atoms with E-state index in [2.05, 4.69) is 10.6 Å². The molecular weight excluding hydrogens is 863 g/mol. The van der Waals surface area contributed by atoms with Gasteiger partial charge in [-0.05, 0) is 25.7 Å². The van der Waals surface area contributed by atoms with Gasteiger partial charge >= 0.3 is 31.5 Å². The first-order chi connectivity index (χ1) is 29.6. The van der Waals surface area contributed by atoms with Crippen LogP contribution in [0, 0.1) is 5.92 Å². The number of esters is 4. The van der Waals surface area contributed by atoms with Crippen molar-refractivity contribution in [2.45, 2.75) is 185 Å². The number of carbonyl (C=O) groups excluding carboxylic acids is 6. The Bertz CT molecular complexity index is 1530. The van der Waals surface area contributed by atoms with Crippen LogP contribution in [-0.4, -0.2) is 170 Å². The van der Waals surface area contributed by atoms with Crippen molar-refractivity contribution in [2.24, 2.45) is 5.92 Å². The van der Waals surface area contributed by atoms with E-state index in [1.165, 1.54) is 6.92 Å². The number of aliphatic hydroxyl groups is 5. The first-order valence-corrected chi connectivity index (χ1v) is 23.1. The standard InChI is InChI=1S/C39H67N2O21P/c1-7-20(43)13-27(45)40-33-37(62-31(49)14-21(44)8-2)35(51)26(59-38(33)52)18-56-39-34(41-28(46)15-22(9-3)57-29(47)11-5)36(24(19-63(53,54)55)25(17-42)60-39)61-32(50)16-23(10-4)58-30(48)12-6/h20-26,33-39,42-44,51-52H,7-19H2,1-6H3,(H,40,45)(H,41,46)(H2,53,54,55). The second-order valence-corrected chi connectivity index (χ2v) is 17.1. The summed E-state index contributed by atoms with van der Waals surface area (Å²) in [6.07, 6.45) is -18.8. The molecule has 24 heteroatoms. The molecule has 9 N–H and O–H groups in total. The third kappa shape index (κ3) is 18.6. The van der Waals surface area contributed by atoms with Gasteiger partial charge in [0.05, 0.1) is 63.4 Å². The van der Waals surface area contributed by atoms with Gasteiger partial charge in [0.1, 0.15) is 42.6 Å². The van der Waals surface area contributed by atoms with Gasteiger partial charge in [-0.1, -0.05) is 41.5 Å². The van der Waals surface area contributed by atoms with Gasteiger partial charge in [-0.2, -0.15) is 0 Å². The zero-order chi connectivity index (χ0) is 47.6. The summed E-state index contributed by atoms with van der Waals surface area (Å²) in [5.41, 5.74) is 0. The number of hydrogen-bond donors (Lipinski definition) is 9. The molecule has 0 bridgehead atoms. The summed E-state index contributed by atoms with van der Waals surface area (Å²) in [5, 5.41) is 58.1. The molecular formula is C39H67N2O21P. The molecule has 0 aromatic rings. The highest BCUT2D eigenvalue weighted by Gasteiger charge is 2.53. The predicted molar refractivity (Wildman–Crippen MR) is 215 cm³/mol. The highest BCUT2D eigenvalue weighted by atomic mass is 31.2. The maximum absolute atomic E-state index is 13.7. The number of rotatable bonds is 26. The van der Waals surface area contributed by atoms with Crippen LogP contribution in [0.15, 0.2) is 0 Å². The fraction of sp³-hybridized carbons (Fsp3) is 0.846. The monoisotopic (exact) mass is 930 g/mol. The molecule has 0 radical (unpaired) electrons. The molecule has 63 heavy (non-hydrogen) atoms. The van der Waals surface area contributed by atoms with Gasteiger partial charge in [-0.15, -0.1) is 0 Å². The Balaban J connectivity index is 2.59. The fourth-order valence-corrected chi connectivity index (χ4v) is 7.72. The number of ether oxygens (including phenoxy) is 7. The molecule has 2 rings (SSSR count). The van der Waals surface area contributed by atoms with Crippen LogP contribution < -0.4 is 10.6 Å². The SMILES string of the molecule is CCC(=O)OC(CC)CC(=O)NC1C(OCC2OC(O)C(NC(=O)CC(O)CC)C(OC(=O)CC(O)CC)C2O)OC(CO)C(CP(=O)(O)O)C1OC(=O)CC(CC)OC(=O)CC. The van der Waals surface area contributed by atoms with Gasteiger partial charge in [-0.25, -0.2) is 0 Å². The Morgan fingerprint density at radius 3 is 1.68 bits per heavy atom. The van der Waals surface area contributed by atoms with Crippen molar-refractivity contribution in [1.82, 2.24) is 10.6 Å². The van der Waals surface area contributed by atoms with Crippen LogP contribution in [0.4, 0.5) is 0 Å². The average Bonchev–Trinajstić information content (AvgIpc) is 3.22. The number of amides is 2. The van der Waals surface area contributed by atoms with Crippen LogP contribution in [0.3, 0.4) is 0 Å². The van der Waals surface area contributed by atoms with Crippen molar-refractivity contribution in [3.05, 3.63) is 0 Å². The zero-order valence-electron chi connectivity index (χ0n) is 36.6. The summed E-state index contributed by atoms with van der Waals surface area (Å²) in [7, 11) is -5.00. The molecule has 2 aliphatic heterocycles. The minimum absolute atomic E-state index is 0.00108. The lowest BCUT2D eigenvalue weighted by Gasteiger charge is -2.47. The molecule has 2 fully saturated rings. The normalized spacial score (nSPS) is 28.1. The van der Waals surface area contributed by atoms with Gasteiger partial charge in [0.25, 0.3) is 0 Å². The predicted octanol–water partition coefficient (Wildman–Crippen LogP) is -1.05. The fourth-order valence-electron chi connectivity index (χ4n) is 6.73. The van der Waals surface area contributed by atoms with Crippen molar-refractivity contribution >= 4 is 43.3 Å². The maximum atomic E-state index is 13.7. The van der Waals surface area contributed by atoms with E-state index in [9.17, 15) is 68.7 Å². The van der Waals surface area contributed by atoms with Gasteiger partial charge in [0, 0.05) is 18.8 Å².